The third-order valence-electron chi connectivity index (χ3n) is 6.32. The number of hydrogen-bond acceptors (Lipinski definition) is 8. The van der Waals surface area contributed by atoms with E-state index in [4.69, 9.17) is 9.47 Å². The summed E-state index contributed by atoms with van der Waals surface area (Å²) in [6.07, 6.45) is 9.54. The van der Waals surface area contributed by atoms with Crippen LogP contribution in [0.25, 0.3) is 23.0 Å². The Morgan fingerprint density at radius 3 is 3.03 bits per heavy atom. The molecule has 1 fully saturated rings. The average Bonchev–Trinajstić information content (AvgIpc) is 3.55. The van der Waals surface area contributed by atoms with Crippen molar-refractivity contribution in [3.05, 3.63) is 71.8 Å². The van der Waals surface area contributed by atoms with E-state index in [2.05, 4.69) is 21.3 Å². The molecule has 1 aliphatic heterocycles. The molecule has 11 heteroatoms. The molecule has 1 atom stereocenters. The lowest BCUT2D eigenvalue weighted by Crippen LogP contribution is -2.48. The number of nitrogens with zero attached hydrogens (tertiary/aromatic N) is 7. The molecule has 0 N–H and O–H groups in total. The summed E-state index contributed by atoms with van der Waals surface area (Å²) in [5.74, 6) is 0.139. The maximum absolute atomic E-state index is 13.1. The van der Waals surface area contributed by atoms with Crippen LogP contribution in [0.15, 0.2) is 55.1 Å². The molecule has 194 valence electrons. The third-order valence-corrected chi connectivity index (χ3v) is 6.32. The van der Waals surface area contributed by atoms with E-state index >= 15 is 0 Å². The van der Waals surface area contributed by atoms with E-state index in [1.54, 1.807) is 58.5 Å². The third kappa shape index (κ3) is 4.89. The molecule has 11 nitrogen and oxygen atoms in total. The van der Waals surface area contributed by atoms with E-state index < -0.39 is 0 Å². The van der Waals surface area contributed by atoms with Crippen LogP contribution >= 0.6 is 0 Å². The molecule has 1 amide bonds. The largest absolute Gasteiger partial charge is 0.496 e. The van der Waals surface area contributed by atoms with Crippen LogP contribution in [0.4, 0.5) is 0 Å². The number of fused-ring (bicyclic) bond motifs is 1. The van der Waals surface area contributed by atoms with Gasteiger partial charge < -0.3 is 14.4 Å². The first kappa shape index (κ1) is 24.9. The van der Waals surface area contributed by atoms with E-state index in [-0.39, 0.29) is 25.7 Å². The van der Waals surface area contributed by atoms with Gasteiger partial charge in [-0.15, -0.1) is 0 Å². The zero-order chi connectivity index (χ0) is 26.6. The minimum Gasteiger partial charge on any atom is -0.496 e. The summed E-state index contributed by atoms with van der Waals surface area (Å²) >= 11 is 0. The quantitative estimate of drug-likeness (QED) is 0.273. The van der Waals surface area contributed by atoms with Gasteiger partial charge in [0.15, 0.2) is 11.4 Å². The minimum absolute atomic E-state index is 0. The topological polar surface area (TPSA) is 128 Å². The number of ether oxygens (including phenoxy) is 2. The second-order valence-electron chi connectivity index (χ2n) is 8.81. The molecule has 0 radical (unpaired) electrons. The van der Waals surface area contributed by atoms with Crippen LogP contribution in [0, 0.1) is 11.3 Å². The Morgan fingerprint density at radius 2 is 2.24 bits per heavy atom. The molecule has 0 saturated carbocycles. The van der Waals surface area contributed by atoms with E-state index in [1.807, 2.05) is 6.92 Å². The van der Waals surface area contributed by atoms with Crippen LogP contribution in [0.3, 0.4) is 0 Å². The summed E-state index contributed by atoms with van der Waals surface area (Å²) in [5.41, 5.74) is 2.87. The summed E-state index contributed by atoms with van der Waals surface area (Å²) in [4.78, 5) is 32.1. The molecule has 0 spiro atoms. The van der Waals surface area contributed by atoms with Crippen LogP contribution in [0.2, 0.25) is 0 Å². The van der Waals surface area contributed by atoms with Gasteiger partial charge in [0.1, 0.15) is 18.0 Å². The number of benzene rings is 1. The zero-order valence-electron chi connectivity index (χ0n) is 20.9. The van der Waals surface area contributed by atoms with Crippen LogP contribution in [-0.4, -0.2) is 73.9 Å². The second-order valence-corrected chi connectivity index (χ2v) is 8.81. The van der Waals surface area contributed by atoms with Crippen LogP contribution in [0.1, 0.15) is 29.8 Å². The lowest BCUT2D eigenvalue weighted by atomic mass is 10.0. The highest BCUT2D eigenvalue weighted by Crippen LogP contribution is 2.33. The van der Waals surface area contributed by atoms with Gasteiger partial charge in [-0.1, -0.05) is 0 Å². The summed E-state index contributed by atoms with van der Waals surface area (Å²) in [6, 6.07) is 8.84. The minimum atomic E-state index is -0.284. The van der Waals surface area contributed by atoms with Gasteiger partial charge in [0.2, 0.25) is 5.91 Å². The Balaban J connectivity index is 0.00000353. The Bertz CT molecular complexity index is 1590. The molecule has 3 aromatic heterocycles. The lowest BCUT2D eigenvalue weighted by Gasteiger charge is -2.33. The van der Waals surface area contributed by atoms with Gasteiger partial charge in [-0.25, -0.2) is 9.50 Å². The Hall–Kier alpha value is -4.82. The van der Waals surface area contributed by atoms with Crippen molar-refractivity contribution in [2.45, 2.75) is 19.5 Å². The fourth-order valence-corrected chi connectivity index (χ4v) is 4.39. The van der Waals surface area contributed by atoms with Gasteiger partial charge in [0.05, 0.1) is 49.8 Å². The normalized spacial score (nSPS) is 15.6. The number of methoxy groups -OCH3 is 1. The van der Waals surface area contributed by atoms with Crippen molar-refractivity contribution in [3.63, 3.8) is 0 Å². The number of aromatic nitrogens is 5. The van der Waals surface area contributed by atoms with Crippen molar-refractivity contribution in [2.24, 2.45) is 0 Å². The number of allylic oxidation sites excluding steroid dienone is 1. The molecule has 1 aromatic carbocycles. The fraction of sp³-hybridized carbons (Fsp3) is 0.259. The van der Waals surface area contributed by atoms with Crippen LogP contribution in [-0.2, 0) is 16.1 Å². The highest BCUT2D eigenvalue weighted by Gasteiger charge is 2.25. The van der Waals surface area contributed by atoms with Crippen molar-refractivity contribution in [2.75, 3.05) is 26.9 Å². The molecule has 5 rings (SSSR count). The van der Waals surface area contributed by atoms with Gasteiger partial charge in [-0.2, -0.15) is 15.5 Å². The molecule has 38 heavy (non-hydrogen) atoms. The first-order valence-electron chi connectivity index (χ1n) is 12.0. The number of carbonyl (C=O) groups is 2. The number of morpholine rings is 1. The maximum atomic E-state index is 13.1. The number of hydrogen-bond donors (Lipinski definition) is 0. The Morgan fingerprint density at radius 1 is 1.37 bits per heavy atom. The molecule has 4 aromatic rings. The van der Waals surface area contributed by atoms with E-state index in [1.165, 1.54) is 23.9 Å². The van der Waals surface area contributed by atoms with Crippen molar-refractivity contribution in [1.29, 1.82) is 5.26 Å². The molecule has 0 bridgehead atoms. The number of nitriles is 1. The molecule has 4 heterocycles. The predicted octanol–water partition coefficient (Wildman–Crippen LogP) is 2.86. The number of carbonyl (C=O) groups excluding carboxylic acids is 2. The Kier molecular flexibility index (Phi) is 6.97. The van der Waals surface area contributed by atoms with E-state index in [0.717, 1.165) is 0 Å². The van der Waals surface area contributed by atoms with Gasteiger partial charge in [0, 0.05) is 37.7 Å². The molecule has 1 saturated heterocycles. The van der Waals surface area contributed by atoms with Crippen molar-refractivity contribution in [3.8, 4) is 23.1 Å². The van der Waals surface area contributed by atoms with Gasteiger partial charge in [-0.05, 0) is 43.3 Å². The SMILES string of the molecule is COc1ccc(C#N)cc1-c1nn(CC(=O)N2CCOC[C@@H]2C)cc1/C=C\C(=O)c1cnn2cccnc12.[HH]. The number of ketones is 1. The van der Waals surface area contributed by atoms with Crippen molar-refractivity contribution >= 4 is 23.4 Å². The predicted molar refractivity (Wildman–Crippen MR) is 139 cm³/mol. The number of amides is 1. The summed E-state index contributed by atoms with van der Waals surface area (Å²) in [5, 5.41) is 18.3. The highest BCUT2D eigenvalue weighted by molar-refractivity contribution is 6.10. The van der Waals surface area contributed by atoms with E-state index in [9.17, 15) is 14.9 Å². The Labute approximate surface area is 220 Å². The second kappa shape index (κ2) is 10.7. The van der Waals surface area contributed by atoms with Gasteiger partial charge in [0.25, 0.3) is 0 Å². The molecular weight excluding hydrogens is 486 g/mol. The summed E-state index contributed by atoms with van der Waals surface area (Å²) in [6.45, 7) is 3.45. The first-order chi connectivity index (χ1) is 18.5. The monoisotopic (exact) mass is 513 g/mol. The lowest BCUT2D eigenvalue weighted by molar-refractivity contribution is -0.139. The summed E-state index contributed by atoms with van der Waals surface area (Å²) < 4.78 is 14.0. The van der Waals surface area contributed by atoms with Gasteiger partial charge >= 0.3 is 0 Å². The van der Waals surface area contributed by atoms with Gasteiger partial charge in [-0.3, -0.25) is 14.3 Å². The average molecular weight is 514 g/mol. The summed E-state index contributed by atoms with van der Waals surface area (Å²) in [7, 11) is 1.53. The molecule has 1 aliphatic rings. The molecule has 0 aliphatic carbocycles. The standard InChI is InChI=1S/C27H25N7O4.H2/c1-18-17-38-11-10-33(18)25(36)16-32-15-20(26(31-32)21-12-19(13-28)4-7-24(21)37-2)5-6-23(35)22-14-30-34-9-3-8-29-27(22)34;/h3-9,12,14-15,18H,10-11,16-17H2,1-2H3;1H/b6-5-;/t18-;/m0./s1. The van der Waals surface area contributed by atoms with Crippen molar-refractivity contribution in [1.82, 2.24) is 29.3 Å². The van der Waals surface area contributed by atoms with Crippen LogP contribution < -0.4 is 4.74 Å². The fourth-order valence-electron chi connectivity index (χ4n) is 4.39. The van der Waals surface area contributed by atoms with Crippen molar-refractivity contribution < 1.29 is 20.5 Å². The molecular formula is C27H27N7O4. The molecule has 0 unspecified atom stereocenters. The maximum Gasteiger partial charge on any atom is 0.244 e. The van der Waals surface area contributed by atoms with Crippen LogP contribution in [0.5, 0.6) is 5.75 Å². The zero-order valence-corrected chi connectivity index (χ0v) is 20.9. The number of rotatable bonds is 7. The highest BCUT2D eigenvalue weighted by atomic mass is 16.5. The smallest absolute Gasteiger partial charge is 0.244 e. The van der Waals surface area contributed by atoms with E-state index in [0.29, 0.717) is 59.1 Å². The first-order valence-corrected chi connectivity index (χ1v) is 12.0.